The van der Waals surface area contributed by atoms with Crippen molar-refractivity contribution < 1.29 is 23.1 Å². The minimum absolute atomic E-state index is 0.0385. The van der Waals surface area contributed by atoms with Gasteiger partial charge in [-0.15, -0.1) is 0 Å². The monoisotopic (exact) mass is 326 g/mol. The number of hydrogen-bond acceptors (Lipinski definition) is 5. The predicted molar refractivity (Wildman–Crippen MR) is 80.7 cm³/mol. The van der Waals surface area contributed by atoms with Crippen LogP contribution in [0.2, 0.25) is 0 Å². The highest BCUT2D eigenvalue weighted by Gasteiger charge is 2.35. The third-order valence-corrected chi connectivity index (χ3v) is 4.96. The van der Waals surface area contributed by atoms with Gasteiger partial charge in [0.25, 0.3) is 5.91 Å². The molecule has 0 aliphatic carbocycles. The van der Waals surface area contributed by atoms with E-state index < -0.39 is 16.1 Å². The second-order valence-electron chi connectivity index (χ2n) is 5.29. The van der Waals surface area contributed by atoms with Crippen LogP contribution in [0.3, 0.4) is 0 Å². The molecule has 2 rings (SSSR count). The third-order valence-electron chi connectivity index (χ3n) is 3.57. The predicted octanol–water partition coefficient (Wildman–Crippen LogP) is 0.731. The number of carbonyl (C=O) groups is 2. The lowest BCUT2D eigenvalue weighted by atomic mass is 9.95. The van der Waals surface area contributed by atoms with E-state index in [1.165, 1.54) is 12.1 Å². The molecule has 1 heterocycles. The summed E-state index contributed by atoms with van der Waals surface area (Å²) in [4.78, 5) is 22.8. The van der Waals surface area contributed by atoms with Gasteiger partial charge in [-0.1, -0.05) is 19.9 Å². The molecule has 120 valence electrons. The summed E-state index contributed by atoms with van der Waals surface area (Å²) in [6, 6.07) is 4.51. The molecule has 0 radical (unpaired) electrons. The van der Waals surface area contributed by atoms with E-state index in [0.29, 0.717) is 12.8 Å². The molecule has 1 aromatic carbocycles. The first-order chi connectivity index (χ1) is 10.2. The summed E-state index contributed by atoms with van der Waals surface area (Å²) in [5, 5.41) is 10.0. The minimum atomic E-state index is -3.95. The fraction of sp³-hybridized carbons (Fsp3) is 0.429. The fourth-order valence-corrected chi connectivity index (χ4v) is 3.55. The van der Waals surface area contributed by atoms with Crippen LogP contribution >= 0.6 is 0 Å². The van der Waals surface area contributed by atoms with Crippen LogP contribution in [0.1, 0.15) is 25.8 Å². The normalized spacial score (nSPS) is 18.1. The molecule has 1 atom stereocenters. The zero-order chi connectivity index (χ0) is 16.5. The molecule has 0 bridgehead atoms. The molecular weight excluding hydrogens is 308 g/mol. The Morgan fingerprint density at radius 1 is 1.45 bits per heavy atom. The summed E-state index contributed by atoms with van der Waals surface area (Å²) < 4.78 is 26.2. The van der Waals surface area contributed by atoms with Crippen molar-refractivity contribution in [1.82, 2.24) is 4.72 Å². The summed E-state index contributed by atoms with van der Waals surface area (Å²) >= 11 is 0. The molecule has 1 fully saturated rings. The van der Waals surface area contributed by atoms with Gasteiger partial charge in [0.1, 0.15) is 18.1 Å². The molecule has 8 heteroatoms. The van der Waals surface area contributed by atoms with E-state index in [2.05, 4.69) is 0 Å². The Balaban J connectivity index is 2.24. The average Bonchev–Trinajstić information content (AvgIpc) is 2.70. The van der Waals surface area contributed by atoms with Crippen molar-refractivity contribution in [3.8, 4) is 5.75 Å². The number of ketones is 1. The van der Waals surface area contributed by atoms with Crippen molar-refractivity contribution in [2.45, 2.75) is 26.7 Å². The van der Waals surface area contributed by atoms with Crippen LogP contribution in [0.4, 0.5) is 5.69 Å². The second-order valence-corrected chi connectivity index (χ2v) is 6.88. The highest BCUT2D eigenvalue weighted by Crippen LogP contribution is 2.32. The first-order valence-corrected chi connectivity index (χ1v) is 8.36. The van der Waals surface area contributed by atoms with Gasteiger partial charge in [-0.3, -0.25) is 9.59 Å². The van der Waals surface area contributed by atoms with E-state index in [0.717, 1.165) is 9.87 Å². The van der Waals surface area contributed by atoms with Crippen molar-refractivity contribution in [3.63, 3.8) is 0 Å². The quantitative estimate of drug-likeness (QED) is 0.830. The number of amides is 1. The van der Waals surface area contributed by atoms with Crippen molar-refractivity contribution >= 4 is 27.6 Å². The summed E-state index contributed by atoms with van der Waals surface area (Å²) in [5.74, 6) is -0.936. The third kappa shape index (κ3) is 3.22. The number of nitrogens with one attached hydrogen (secondary N) is 1. The molecule has 7 nitrogen and oxygen atoms in total. The van der Waals surface area contributed by atoms with Crippen LogP contribution in [0, 0.1) is 5.92 Å². The van der Waals surface area contributed by atoms with Crippen molar-refractivity contribution in [2.24, 2.45) is 5.92 Å². The smallest absolute Gasteiger partial charge is 0.326 e. The van der Waals surface area contributed by atoms with E-state index in [1.807, 2.05) is 11.6 Å². The Hall–Kier alpha value is -2.09. The molecule has 0 saturated carbocycles. The largest absolute Gasteiger partial charge is 0.506 e. The number of anilines is 1. The number of hydrogen-bond donors (Lipinski definition) is 2. The van der Waals surface area contributed by atoms with Crippen LogP contribution in [0.15, 0.2) is 18.2 Å². The van der Waals surface area contributed by atoms with Gasteiger partial charge in [-0.25, -0.2) is 9.03 Å². The summed E-state index contributed by atoms with van der Waals surface area (Å²) in [6.07, 6.45) is 0.912. The number of Topliss-reactive ketones (excluding diaryl/α,β-unsaturated/α-hetero) is 1. The highest BCUT2D eigenvalue weighted by molar-refractivity contribution is 7.92. The highest BCUT2D eigenvalue weighted by atomic mass is 32.2. The number of phenolic OH excluding ortho intramolecular Hbond substituents is 1. The lowest BCUT2D eigenvalue weighted by Gasteiger charge is -2.17. The van der Waals surface area contributed by atoms with Crippen LogP contribution in [-0.4, -0.2) is 31.8 Å². The van der Waals surface area contributed by atoms with Gasteiger partial charge in [-0.05, 0) is 24.1 Å². The van der Waals surface area contributed by atoms with Crippen molar-refractivity contribution in [1.29, 1.82) is 0 Å². The number of aromatic hydroxyl groups is 1. The standard InChI is InChI=1S/C14H18N2O5S/c1-3-12(17)9(2)6-10-4-5-11(13(18)7-10)16-8-14(19)15-22(16,20)21/h4-5,7,9,18H,3,6,8H2,1-2H3,(H,15,19). The maximum absolute atomic E-state index is 11.8. The number of phenols is 1. The summed E-state index contributed by atoms with van der Waals surface area (Å²) in [5.41, 5.74) is 0.767. The number of nitrogens with zero attached hydrogens (tertiary/aromatic N) is 1. The van der Waals surface area contributed by atoms with Gasteiger partial charge in [0.05, 0.1) is 5.69 Å². The number of rotatable bonds is 5. The topological polar surface area (TPSA) is 104 Å². The van der Waals surface area contributed by atoms with E-state index in [-0.39, 0.29) is 29.7 Å². The molecule has 1 saturated heterocycles. The Labute approximate surface area is 129 Å². The van der Waals surface area contributed by atoms with E-state index in [4.69, 9.17) is 0 Å². The van der Waals surface area contributed by atoms with Crippen molar-refractivity contribution in [3.05, 3.63) is 23.8 Å². The van der Waals surface area contributed by atoms with Crippen LogP contribution in [-0.2, 0) is 26.2 Å². The lowest BCUT2D eigenvalue weighted by Crippen LogP contribution is -2.29. The van der Waals surface area contributed by atoms with E-state index in [9.17, 15) is 23.1 Å². The van der Waals surface area contributed by atoms with Crippen LogP contribution in [0.5, 0.6) is 5.75 Å². The zero-order valence-electron chi connectivity index (χ0n) is 12.4. The first-order valence-electron chi connectivity index (χ1n) is 6.92. The lowest BCUT2D eigenvalue weighted by molar-refractivity contribution is -0.122. The van der Waals surface area contributed by atoms with Crippen molar-refractivity contribution in [2.75, 3.05) is 10.8 Å². The minimum Gasteiger partial charge on any atom is -0.506 e. The molecule has 1 aliphatic heterocycles. The Morgan fingerprint density at radius 3 is 2.64 bits per heavy atom. The number of carbonyl (C=O) groups excluding carboxylic acids is 2. The molecule has 1 aliphatic rings. The van der Waals surface area contributed by atoms with Crippen LogP contribution < -0.4 is 9.03 Å². The molecule has 0 aromatic heterocycles. The van der Waals surface area contributed by atoms with Gasteiger partial charge in [-0.2, -0.15) is 8.42 Å². The van der Waals surface area contributed by atoms with Gasteiger partial charge < -0.3 is 5.11 Å². The molecule has 1 amide bonds. The molecule has 22 heavy (non-hydrogen) atoms. The zero-order valence-corrected chi connectivity index (χ0v) is 13.2. The molecule has 1 unspecified atom stereocenters. The molecule has 1 aromatic rings. The summed E-state index contributed by atoms with van der Waals surface area (Å²) in [6.45, 7) is 3.24. The second kappa shape index (κ2) is 5.96. The maximum atomic E-state index is 11.8. The maximum Gasteiger partial charge on any atom is 0.326 e. The van der Waals surface area contributed by atoms with Crippen LogP contribution in [0.25, 0.3) is 0 Å². The van der Waals surface area contributed by atoms with E-state index >= 15 is 0 Å². The van der Waals surface area contributed by atoms with Gasteiger partial charge >= 0.3 is 10.2 Å². The fourth-order valence-electron chi connectivity index (χ4n) is 2.38. The number of benzene rings is 1. The Bertz CT molecular complexity index is 714. The Kier molecular flexibility index (Phi) is 4.41. The van der Waals surface area contributed by atoms with Gasteiger partial charge in [0.2, 0.25) is 0 Å². The Morgan fingerprint density at radius 2 is 2.14 bits per heavy atom. The molecular formula is C14H18N2O5S. The van der Waals surface area contributed by atoms with Gasteiger partial charge in [0.15, 0.2) is 0 Å². The van der Waals surface area contributed by atoms with Gasteiger partial charge in [0, 0.05) is 12.3 Å². The SMILES string of the molecule is CCC(=O)C(C)Cc1ccc(N2CC(=O)NS2(=O)=O)c(O)c1. The first kappa shape index (κ1) is 16.3. The summed E-state index contributed by atoms with van der Waals surface area (Å²) in [7, 11) is -3.95. The molecule has 0 spiro atoms. The molecule has 2 N–H and O–H groups in total. The van der Waals surface area contributed by atoms with E-state index in [1.54, 1.807) is 13.0 Å². The average molecular weight is 326 g/mol.